The molecule has 2 aliphatic heterocycles. The molecule has 0 aliphatic carbocycles. The number of ether oxygens (including phenoxy) is 6. The van der Waals surface area contributed by atoms with E-state index in [0.29, 0.717) is 16.9 Å². The molecule has 4 aromatic heterocycles. The van der Waals surface area contributed by atoms with Gasteiger partial charge in [-0.3, -0.25) is 28.2 Å². The Labute approximate surface area is 402 Å². The van der Waals surface area contributed by atoms with Crippen molar-refractivity contribution in [3.63, 3.8) is 0 Å². The smallest absolute Gasteiger partial charge is 0.369 e. The second kappa shape index (κ2) is 24.5. The zero-order valence-electron chi connectivity index (χ0n) is 36.7. The summed E-state index contributed by atoms with van der Waals surface area (Å²) in [7, 11) is -33.2. The number of phosphoric ester groups is 2. The van der Waals surface area contributed by atoms with Crippen LogP contribution in [0.2, 0.25) is 0 Å². The van der Waals surface area contributed by atoms with Gasteiger partial charge in [0, 0.05) is 19.0 Å². The number of nitrogen functional groups attached to an aromatic ring is 1. The van der Waals surface area contributed by atoms with E-state index < -0.39 is 103 Å². The third-order valence-corrected chi connectivity index (χ3v) is 16.6. The van der Waals surface area contributed by atoms with Crippen molar-refractivity contribution in [2.75, 3.05) is 45.7 Å². The molecule has 42 heteroatoms. The van der Waals surface area contributed by atoms with E-state index in [1.807, 2.05) is 0 Å². The van der Waals surface area contributed by atoms with Crippen molar-refractivity contribution in [2.24, 2.45) is 0 Å². The van der Waals surface area contributed by atoms with E-state index in [1.165, 1.54) is 29.1 Å². The Kier molecular flexibility index (Phi) is 20.3. The number of nitrogens with zero attached hydrogens (tertiary/aromatic N) is 5. The molecule has 2 fully saturated rings. The van der Waals surface area contributed by atoms with Crippen LogP contribution in [0.15, 0.2) is 53.5 Å². The normalized spacial score (nSPS) is 24.0. The molecule has 12 N–H and O–H groups in total. The van der Waals surface area contributed by atoms with Crippen molar-refractivity contribution < 1.29 is 121 Å². The Morgan fingerprint density at radius 2 is 1.19 bits per heavy atom. The van der Waals surface area contributed by atoms with Gasteiger partial charge >= 0.3 is 46.9 Å². The van der Waals surface area contributed by atoms with Gasteiger partial charge in [-0.25, -0.2) is 37.4 Å². The first-order chi connectivity index (χ1) is 33.4. The standard InChI is InChI=1S/C16H24N3O14P3.C14H22N5O14P3/c1-3-6-28-9-29-12-7-14(19-5-4-11-15(19)17-10(2)18-16(11)20)31-13(12)8-30-35(24,25)33-36(26,27)32-34(21,22)23;1-2-3-28-7-29-8-4-10(19-6-16-11-12(19)17-14(15)18-13(11)20)31-9(8)5-30-35(24,25)33-36(26,27)32-34(21,22)23/h3-5,12-14H,1,6-9H2,2H3,(H,24,25)(H,26,27)(H,17,18,20)(H2,21,22,23);2,6,8-10H,1,3-5,7H2,(H,24,25)(H,26,27)(H2,21,22,23)(H3,15,17,18,20)/t12?,13-,14-;8?,9-,10-/m11/s1. The summed E-state index contributed by atoms with van der Waals surface area (Å²) in [5, 5.41) is 0.299. The van der Waals surface area contributed by atoms with Crippen LogP contribution in [0.4, 0.5) is 5.95 Å². The van der Waals surface area contributed by atoms with Gasteiger partial charge in [0.15, 0.2) is 11.2 Å². The molecule has 4 aromatic rings. The topological polar surface area (TPSA) is 515 Å². The third-order valence-electron chi connectivity index (χ3n) is 8.97. The number of hydrogen-bond donors (Lipinski definition) is 11. The summed E-state index contributed by atoms with van der Waals surface area (Å²) in [6.07, 6.45) is 0.504. The van der Waals surface area contributed by atoms with Crippen molar-refractivity contribution in [3.05, 3.63) is 70.4 Å². The summed E-state index contributed by atoms with van der Waals surface area (Å²) in [5.74, 6) is 0.183. The van der Waals surface area contributed by atoms with Gasteiger partial charge in [0.1, 0.15) is 49.7 Å². The molecule has 0 saturated carbocycles. The molecule has 0 bridgehead atoms. The van der Waals surface area contributed by atoms with E-state index >= 15 is 0 Å². The van der Waals surface area contributed by atoms with Gasteiger partial charge in [0.05, 0.1) is 50.3 Å². The molecule has 6 heterocycles. The zero-order chi connectivity index (χ0) is 53.5. The number of aromatic nitrogens is 7. The quantitative estimate of drug-likeness (QED) is 0.0181. The Morgan fingerprint density at radius 3 is 1.67 bits per heavy atom. The lowest BCUT2D eigenvalue weighted by atomic mass is 10.2. The fourth-order valence-electron chi connectivity index (χ4n) is 6.41. The summed E-state index contributed by atoms with van der Waals surface area (Å²) in [6, 6.07) is 1.53. The third kappa shape index (κ3) is 17.9. The lowest BCUT2D eigenvalue weighted by Gasteiger charge is -2.21. The maximum Gasteiger partial charge on any atom is 0.490 e. The van der Waals surface area contributed by atoms with Crippen molar-refractivity contribution in [1.29, 1.82) is 0 Å². The van der Waals surface area contributed by atoms with Gasteiger partial charge in [0.25, 0.3) is 11.1 Å². The lowest BCUT2D eigenvalue weighted by molar-refractivity contribution is -0.113. The van der Waals surface area contributed by atoms with E-state index in [9.17, 15) is 56.6 Å². The van der Waals surface area contributed by atoms with Gasteiger partial charge in [-0.2, -0.15) is 22.2 Å². The molecular formula is C30H46N8O28P6. The number of rotatable bonds is 26. The molecule has 72 heavy (non-hydrogen) atoms. The molecule has 0 aromatic carbocycles. The first-order valence-corrected chi connectivity index (χ1v) is 28.7. The number of nitrogens with one attached hydrogen (secondary N) is 2. The molecule has 0 spiro atoms. The van der Waals surface area contributed by atoms with E-state index in [1.54, 1.807) is 17.7 Å². The average Bonchev–Trinajstić information content (AvgIpc) is 4.02. The Balaban J connectivity index is 0.000000267. The molecule has 0 radical (unpaired) electrons. The van der Waals surface area contributed by atoms with Crippen LogP contribution in [0.25, 0.3) is 22.2 Å². The van der Waals surface area contributed by atoms with Gasteiger partial charge in [-0.05, 0) is 13.0 Å². The Hall–Kier alpha value is -3.37. The minimum Gasteiger partial charge on any atom is -0.369 e. The molecule has 10 atom stereocenters. The number of hydrogen-bond acceptors (Lipinski definition) is 24. The van der Waals surface area contributed by atoms with E-state index in [-0.39, 0.29) is 62.3 Å². The van der Waals surface area contributed by atoms with E-state index in [2.05, 4.69) is 59.8 Å². The van der Waals surface area contributed by atoms with Crippen LogP contribution < -0.4 is 16.9 Å². The summed E-state index contributed by atoms with van der Waals surface area (Å²) in [5.41, 5.74) is 5.01. The van der Waals surface area contributed by atoms with Crippen LogP contribution in [-0.2, 0) is 82.1 Å². The van der Waals surface area contributed by atoms with E-state index in [0.717, 1.165) is 0 Å². The number of imidazole rings is 1. The average molecular weight is 1150 g/mol. The fourth-order valence-corrected chi connectivity index (χ4v) is 12.5. The molecule has 36 nitrogen and oxygen atoms in total. The molecule has 0 amide bonds. The van der Waals surface area contributed by atoms with Crippen LogP contribution >= 0.6 is 46.9 Å². The van der Waals surface area contributed by atoms with Crippen LogP contribution in [0.1, 0.15) is 31.1 Å². The maximum absolute atomic E-state index is 12.2. The highest BCUT2D eigenvalue weighted by Crippen LogP contribution is 2.67. The zero-order valence-corrected chi connectivity index (χ0v) is 42.0. The molecule has 6 unspecified atom stereocenters. The van der Waals surface area contributed by atoms with Gasteiger partial charge in [-0.1, -0.05) is 12.2 Å². The van der Waals surface area contributed by atoms with E-state index in [4.69, 9.17) is 58.3 Å². The Morgan fingerprint density at radius 1 is 0.708 bits per heavy atom. The van der Waals surface area contributed by atoms with Crippen LogP contribution in [0.3, 0.4) is 0 Å². The largest absolute Gasteiger partial charge is 0.490 e. The maximum atomic E-state index is 12.2. The molecule has 404 valence electrons. The summed E-state index contributed by atoms with van der Waals surface area (Å²) >= 11 is 0. The van der Waals surface area contributed by atoms with Gasteiger partial charge in [-0.15, -0.1) is 13.2 Å². The number of fused-ring (bicyclic) bond motifs is 2. The Bertz CT molecular complexity index is 2780. The van der Waals surface area contributed by atoms with Crippen molar-refractivity contribution >= 4 is 75.1 Å². The number of anilines is 1. The number of nitrogens with two attached hydrogens (primary N) is 1. The number of aryl methyl sites for hydroxylation is 1. The van der Waals surface area contributed by atoms with Crippen molar-refractivity contribution in [1.82, 2.24) is 34.1 Å². The SMILES string of the molecule is C=CCOCOC1C[C@H](n2ccc3c(=O)[nH]c(C)nc32)O[C@@H]1COP(=O)(O)OP(=O)(O)OP(=O)(O)O.C=CCOCOC1C[C@H](n2cnc3c(=O)[nH]c(N)nc32)O[C@@H]1COP(=O)(O)OP(=O)(O)OP(=O)(O)O. The number of aromatic amines is 2. The van der Waals surface area contributed by atoms with Crippen molar-refractivity contribution in [2.45, 2.75) is 56.6 Å². The van der Waals surface area contributed by atoms with Crippen LogP contribution in [-0.4, -0.2) is 138 Å². The van der Waals surface area contributed by atoms with Gasteiger partial charge < -0.3 is 82.9 Å². The molecule has 6 rings (SSSR count). The fraction of sp³-hybridized carbons (Fsp3) is 0.500. The predicted octanol–water partition coefficient (Wildman–Crippen LogP) is 1.09. The molecule has 2 aliphatic rings. The highest BCUT2D eigenvalue weighted by molar-refractivity contribution is 7.67. The monoisotopic (exact) mass is 1150 g/mol. The molecule has 2 saturated heterocycles. The van der Waals surface area contributed by atoms with Crippen LogP contribution in [0, 0.1) is 6.92 Å². The minimum atomic E-state index is -5.69. The highest BCUT2D eigenvalue weighted by atomic mass is 31.3. The number of phosphoric acid groups is 6. The first kappa shape index (κ1) is 59.5. The van der Waals surface area contributed by atoms with Gasteiger partial charge in [0.2, 0.25) is 5.95 Å². The first-order valence-electron chi connectivity index (χ1n) is 19.7. The summed E-state index contributed by atoms with van der Waals surface area (Å²) in [4.78, 5) is 114. The van der Waals surface area contributed by atoms with Crippen LogP contribution in [0.5, 0.6) is 0 Å². The summed E-state index contributed by atoms with van der Waals surface area (Å²) < 4.78 is 129. The lowest BCUT2D eigenvalue weighted by Crippen LogP contribution is -2.29. The predicted molar refractivity (Wildman–Crippen MR) is 236 cm³/mol. The highest BCUT2D eigenvalue weighted by Gasteiger charge is 2.46. The minimum absolute atomic E-state index is 0.0312. The second-order valence-electron chi connectivity index (χ2n) is 14.4. The number of H-pyrrole nitrogens is 2. The van der Waals surface area contributed by atoms with Crippen molar-refractivity contribution in [3.8, 4) is 0 Å². The molecular weight excluding hydrogens is 1110 g/mol. The summed E-state index contributed by atoms with van der Waals surface area (Å²) in [6.45, 7) is 6.98. The second-order valence-corrected chi connectivity index (χ2v) is 23.2.